The van der Waals surface area contributed by atoms with E-state index < -0.39 is 17.6 Å². The van der Waals surface area contributed by atoms with Gasteiger partial charge in [-0.2, -0.15) is 0 Å². The number of hydrogen-bond donors (Lipinski definition) is 2. The Balaban J connectivity index is 4.22. The Morgan fingerprint density at radius 1 is 1.00 bits per heavy atom. The first kappa shape index (κ1) is 13.2. The van der Waals surface area contributed by atoms with Crippen LogP contribution in [0.4, 0.5) is 0 Å². The van der Waals surface area contributed by atoms with Crippen LogP contribution >= 0.6 is 0 Å². The first-order chi connectivity index (χ1) is 5.83. The molecule has 0 aromatic carbocycles. The fourth-order valence-electron chi connectivity index (χ4n) is 0.781. The van der Waals surface area contributed by atoms with Crippen molar-refractivity contribution in [1.29, 1.82) is 0 Å². The standard InChI is InChI=1S/C6H18O5Si2/c1-5-9-13(8,10-6-2)11-12(3,4)7/h7-8H,5-6H2,1-4H3. The van der Waals surface area contributed by atoms with Gasteiger partial charge in [0.2, 0.25) is 0 Å². The van der Waals surface area contributed by atoms with Gasteiger partial charge in [-0.1, -0.05) is 0 Å². The molecule has 0 radical (unpaired) electrons. The van der Waals surface area contributed by atoms with E-state index in [0.717, 1.165) is 0 Å². The zero-order valence-corrected chi connectivity index (χ0v) is 10.5. The van der Waals surface area contributed by atoms with Crippen LogP contribution in [0, 0.1) is 0 Å². The van der Waals surface area contributed by atoms with Gasteiger partial charge in [0.25, 0.3) is 0 Å². The molecule has 0 aromatic rings. The van der Waals surface area contributed by atoms with Gasteiger partial charge in [0.15, 0.2) is 0 Å². The Morgan fingerprint density at radius 2 is 1.38 bits per heavy atom. The Bertz CT molecular complexity index is 140. The van der Waals surface area contributed by atoms with Crippen LogP contribution in [0.25, 0.3) is 0 Å². The Labute approximate surface area is 81.0 Å². The van der Waals surface area contributed by atoms with Gasteiger partial charge >= 0.3 is 17.6 Å². The smallest absolute Gasteiger partial charge is 0.411 e. The lowest BCUT2D eigenvalue weighted by Crippen LogP contribution is -2.53. The largest absolute Gasteiger partial charge is 0.667 e. The summed E-state index contributed by atoms with van der Waals surface area (Å²) in [4.78, 5) is 19.1. The SMILES string of the molecule is CCO[Si](O)(OCC)O[Si](C)(C)O. The first-order valence-corrected chi connectivity index (χ1v) is 8.78. The predicted octanol–water partition coefficient (Wildman–Crippen LogP) is 0.198. The molecule has 7 heteroatoms. The van der Waals surface area contributed by atoms with Crippen LogP contribution in [0.15, 0.2) is 0 Å². The summed E-state index contributed by atoms with van der Waals surface area (Å²) in [6, 6.07) is 0. The molecule has 0 saturated carbocycles. The molecule has 0 saturated heterocycles. The summed E-state index contributed by atoms with van der Waals surface area (Å²) in [7, 11) is -6.38. The second-order valence-electron chi connectivity index (χ2n) is 2.94. The molecular weight excluding hydrogens is 208 g/mol. The molecule has 80 valence electrons. The summed E-state index contributed by atoms with van der Waals surface area (Å²) in [5.74, 6) is 0. The third-order valence-corrected chi connectivity index (χ3v) is 5.37. The maximum Gasteiger partial charge on any atom is 0.667 e. The summed E-state index contributed by atoms with van der Waals surface area (Å²) in [5, 5.41) is 0. The first-order valence-electron chi connectivity index (χ1n) is 4.26. The van der Waals surface area contributed by atoms with Crippen LogP contribution in [-0.2, 0) is 13.0 Å². The molecule has 0 bridgehead atoms. The van der Waals surface area contributed by atoms with E-state index in [1.54, 1.807) is 26.9 Å². The molecule has 2 N–H and O–H groups in total. The lowest BCUT2D eigenvalue weighted by molar-refractivity contribution is 0.0309. The highest BCUT2D eigenvalue weighted by molar-refractivity contribution is 6.73. The molecule has 13 heavy (non-hydrogen) atoms. The van der Waals surface area contributed by atoms with E-state index in [2.05, 4.69) is 0 Å². The van der Waals surface area contributed by atoms with Crippen molar-refractivity contribution in [1.82, 2.24) is 0 Å². The maximum atomic E-state index is 9.69. The van der Waals surface area contributed by atoms with E-state index in [0.29, 0.717) is 13.2 Å². The van der Waals surface area contributed by atoms with Crippen LogP contribution in [0.1, 0.15) is 13.8 Å². The van der Waals surface area contributed by atoms with Gasteiger partial charge in [-0.25, -0.2) is 0 Å². The quantitative estimate of drug-likeness (QED) is 0.633. The van der Waals surface area contributed by atoms with E-state index in [-0.39, 0.29) is 0 Å². The van der Waals surface area contributed by atoms with Gasteiger partial charge in [0.1, 0.15) is 0 Å². The van der Waals surface area contributed by atoms with Crippen molar-refractivity contribution in [2.75, 3.05) is 13.2 Å². The third kappa shape index (κ3) is 6.32. The molecule has 0 aliphatic carbocycles. The summed E-state index contributed by atoms with van der Waals surface area (Å²) >= 11 is 0. The van der Waals surface area contributed by atoms with Gasteiger partial charge in [0, 0.05) is 13.2 Å². The molecule has 0 aliphatic heterocycles. The van der Waals surface area contributed by atoms with Gasteiger partial charge in [-0.05, 0) is 26.9 Å². The highest BCUT2D eigenvalue weighted by Crippen LogP contribution is 2.12. The Hall–Kier alpha value is 0.234. The molecule has 5 nitrogen and oxygen atoms in total. The molecule has 0 spiro atoms. The van der Waals surface area contributed by atoms with E-state index in [4.69, 9.17) is 13.0 Å². The molecule has 0 heterocycles. The van der Waals surface area contributed by atoms with E-state index in [1.807, 2.05) is 0 Å². The monoisotopic (exact) mass is 226 g/mol. The van der Waals surface area contributed by atoms with Crippen molar-refractivity contribution in [2.45, 2.75) is 26.9 Å². The fraction of sp³-hybridized carbons (Fsp3) is 1.00. The Morgan fingerprint density at radius 3 is 1.62 bits per heavy atom. The van der Waals surface area contributed by atoms with Crippen LogP contribution in [0.2, 0.25) is 13.1 Å². The van der Waals surface area contributed by atoms with Crippen molar-refractivity contribution >= 4 is 17.6 Å². The van der Waals surface area contributed by atoms with E-state index >= 15 is 0 Å². The number of hydrogen-bond acceptors (Lipinski definition) is 5. The van der Waals surface area contributed by atoms with Gasteiger partial charge < -0.3 is 22.6 Å². The average Bonchev–Trinajstić information content (AvgIpc) is 1.82. The molecule has 0 fully saturated rings. The molecule has 0 unspecified atom stereocenters. The maximum absolute atomic E-state index is 9.69. The van der Waals surface area contributed by atoms with Gasteiger partial charge in [-0.3, -0.25) is 0 Å². The molecule has 0 aromatic heterocycles. The van der Waals surface area contributed by atoms with Gasteiger partial charge in [0.05, 0.1) is 0 Å². The summed E-state index contributed by atoms with van der Waals surface area (Å²) < 4.78 is 15.0. The molecule has 0 atom stereocenters. The topological polar surface area (TPSA) is 68.2 Å². The average molecular weight is 226 g/mol. The highest BCUT2D eigenvalue weighted by Gasteiger charge is 2.46. The van der Waals surface area contributed by atoms with Crippen molar-refractivity contribution in [3.63, 3.8) is 0 Å². The third-order valence-electron chi connectivity index (χ3n) is 1.03. The minimum Gasteiger partial charge on any atom is -0.411 e. The molecule has 0 aliphatic rings. The number of rotatable bonds is 6. The molecule has 0 amide bonds. The van der Waals surface area contributed by atoms with E-state index in [9.17, 15) is 9.59 Å². The van der Waals surface area contributed by atoms with E-state index in [1.165, 1.54) is 0 Å². The van der Waals surface area contributed by atoms with Crippen molar-refractivity contribution in [2.24, 2.45) is 0 Å². The minimum absolute atomic E-state index is 0.299. The highest BCUT2D eigenvalue weighted by atomic mass is 28.5. The lowest BCUT2D eigenvalue weighted by atomic mass is 10.9. The Kier molecular flexibility index (Phi) is 5.29. The van der Waals surface area contributed by atoms with Crippen LogP contribution < -0.4 is 0 Å². The normalized spacial score (nSPS) is 13.4. The van der Waals surface area contributed by atoms with Crippen LogP contribution in [0.5, 0.6) is 0 Å². The van der Waals surface area contributed by atoms with Crippen LogP contribution in [-0.4, -0.2) is 40.4 Å². The van der Waals surface area contributed by atoms with Crippen LogP contribution in [0.3, 0.4) is 0 Å². The lowest BCUT2D eigenvalue weighted by Gasteiger charge is -2.27. The van der Waals surface area contributed by atoms with Crippen molar-refractivity contribution in [3.8, 4) is 0 Å². The summed E-state index contributed by atoms with van der Waals surface area (Å²) in [6.45, 7) is 7.14. The van der Waals surface area contributed by atoms with Crippen molar-refractivity contribution in [3.05, 3.63) is 0 Å². The summed E-state index contributed by atoms with van der Waals surface area (Å²) in [6.07, 6.45) is 0. The van der Waals surface area contributed by atoms with Crippen molar-refractivity contribution < 1.29 is 22.6 Å². The van der Waals surface area contributed by atoms with Gasteiger partial charge in [-0.15, -0.1) is 0 Å². The molecule has 0 rings (SSSR count). The second-order valence-corrected chi connectivity index (χ2v) is 8.27. The second kappa shape index (κ2) is 5.20. The molecular formula is C6H18O5Si2. The zero-order valence-electron chi connectivity index (χ0n) is 8.53. The minimum atomic E-state index is -3.57. The predicted molar refractivity (Wildman–Crippen MR) is 52.0 cm³/mol. The summed E-state index contributed by atoms with van der Waals surface area (Å²) in [5.41, 5.74) is 0. The fourth-order valence-corrected chi connectivity index (χ4v) is 4.59. The zero-order chi connectivity index (χ0) is 10.5.